The number of hydrogen-bond acceptors (Lipinski definition) is 5. The van der Waals surface area contributed by atoms with Gasteiger partial charge in [-0.25, -0.2) is 4.98 Å². The molecule has 146 valence electrons. The van der Waals surface area contributed by atoms with E-state index >= 15 is 0 Å². The Morgan fingerprint density at radius 1 is 0.964 bits per heavy atom. The summed E-state index contributed by atoms with van der Waals surface area (Å²) in [7, 11) is 3.24. The molecule has 1 unspecified atom stereocenters. The Bertz CT molecular complexity index is 895. The van der Waals surface area contributed by atoms with Gasteiger partial charge in [0, 0.05) is 30.3 Å². The summed E-state index contributed by atoms with van der Waals surface area (Å²) in [5, 5.41) is 11.4. The summed E-state index contributed by atoms with van der Waals surface area (Å²) < 4.78 is 17.1. The number of ether oxygens (including phenoxy) is 3. The Morgan fingerprint density at radius 3 is 2.29 bits per heavy atom. The highest BCUT2D eigenvalue weighted by molar-refractivity contribution is 5.46. The van der Waals surface area contributed by atoms with Crippen LogP contribution in [0.4, 0.5) is 0 Å². The molecule has 0 spiro atoms. The first kappa shape index (κ1) is 19.5. The summed E-state index contributed by atoms with van der Waals surface area (Å²) in [4.78, 5) is 4.41. The predicted octanol–water partition coefficient (Wildman–Crippen LogP) is 3.51. The van der Waals surface area contributed by atoms with Crippen LogP contribution >= 0.6 is 0 Å². The fourth-order valence-electron chi connectivity index (χ4n) is 3.14. The molecule has 0 amide bonds. The van der Waals surface area contributed by atoms with E-state index in [0.717, 1.165) is 21.4 Å². The standard InChI is InChI=1S/C22H24N2O4/c1-4-28-22-8-6-18(15-23-22)19(13-16-9-11-24(25)12-10-16)17-5-7-20(26-2)21(14-17)27-3/h5-12,14-15,19H,4,13H2,1-3H3. The zero-order chi connectivity index (χ0) is 19.9. The van der Waals surface area contributed by atoms with Gasteiger partial charge in [-0.3, -0.25) is 0 Å². The van der Waals surface area contributed by atoms with Crippen LogP contribution in [0.5, 0.6) is 17.4 Å². The monoisotopic (exact) mass is 380 g/mol. The minimum atomic E-state index is 0.0329. The topological polar surface area (TPSA) is 67.5 Å². The minimum Gasteiger partial charge on any atom is -0.619 e. The van der Waals surface area contributed by atoms with Crippen LogP contribution in [0.15, 0.2) is 61.1 Å². The molecule has 3 rings (SSSR count). The summed E-state index contributed by atoms with van der Waals surface area (Å²) in [6.45, 7) is 2.50. The second-order valence-electron chi connectivity index (χ2n) is 6.30. The number of nitrogens with zero attached hydrogens (tertiary/aromatic N) is 2. The quantitative estimate of drug-likeness (QED) is 0.442. The lowest BCUT2D eigenvalue weighted by Crippen LogP contribution is -2.24. The van der Waals surface area contributed by atoms with Gasteiger partial charge in [0.15, 0.2) is 23.9 Å². The normalized spacial score (nSPS) is 11.7. The Hall–Kier alpha value is -3.28. The molecular formula is C22H24N2O4. The molecule has 0 fully saturated rings. The molecule has 0 aliphatic rings. The van der Waals surface area contributed by atoms with Crippen molar-refractivity contribution in [2.45, 2.75) is 19.3 Å². The first-order valence-corrected chi connectivity index (χ1v) is 9.13. The molecule has 6 heteroatoms. The molecule has 0 aliphatic heterocycles. The van der Waals surface area contributed by atoms with Crippen molar-refractivity contribution in [3.63, 3.8) is 0 Å². The third kappa shape index (κ3) is 4.52. The molecule has 28 heavy (non-hydrogen) atoms. The fourth-order valence-corrected chi connectivity index (χ4v) is 3.14. The van der Waals surface area contributed by atoms with E-state index in [1.165, 1.54) is 12.4 Å². The van der Waals surface area contributed by atoms with Crippen molar-refractivity contribution in [2.24, 2.45) is 0 Å². The van der Waals surface area contributed by atoms with Crippen molar-refractivity contribution in [1.29, 1.82) is 0 Å². The van der Waals surface area contributed by atoms with Crippen LogP contribution in [0.25, 0.3) is 0 Å². The van der Waals surface area contributed by atoms with E-state index in [4.69, 9.17) is 14.2 Å². The van der Waals surface area contributed by atoms with Crippen molar-refractivity contribution in [1.82, 2.24) is 4.98 Å². The molecule has 0 radical (unpaired) electrons. The number of benzene rings is 1. The van der Waals surface area contributed by atoms with Gasteiger partial charge >= 0.3 is 0 Å². The van der Waals surface area contributed by atoms with Gasteiger partial charge in [-0.15, -0.1) is 0 Å². The highest BCUT2D eigenvalue weighted by atomic mass is 16.5. The Labute approximate surface area is 164 Å². The van der Waals surface area contributed by atoms with E-state index < -0.39 is 0 Å². The largest absolute Gasteiger partial charge is 0.619 e. The average molecular weight is 380 g/mol. The summed E-state index contributed by atoms with van der Waals surface area (Å²) in [6.07, 6.45) is 5.57. The highest BCUT2D eigenvalue weighted by Gasteiger charge is 2.18. The number of hydrogen-bond donors (Lipinski definition) is 0. The van der Waals surface area contributed by atoms with E-state index in [1.807, 2.05) is 55.6 Å². The smallest absolute Gasteiger partial charge is 0.213 e. The lowest BCUT2D eigenvalue weighted by Gasteiger charge is -2.20. The zero-order valence-electron chi connectivity index (χ0n) is 16.3. The van der Waals surface area contributed by atoms with Gasteiger partial charge in [-0.05, 0) is 42.2 Å². The summed E-state index contributed by atoms with van der Waals surface area (Å²) >= 11 is 0. The summed E-state index contributed by atoms with van der Waals surface area (Å²) in [5.41, 5.74) is 3.18. The summed E-state index contributed by atoms with van der Waals surface area (Å²) in [6, 6.07) is 13.5. The van der Waals surface area contributed by atoms with E-state index in [2.05, 4.69) is 4.98 Å². The van der Waals surface area contributed by atoms with Crippen molar-refractivity contribution in [2.75, 3.05) is 20.8 Å². The van der Waals surface area contributed by atoms with Gasteiger partial charge in [0.2, 0.25) is 5.88 Å². The van der Waals surface area contributed by atoms with Gasteiger partial charge in [-0.1, -0.05) is 12.1 Å². The maximum absolute atomic E-state index is 11.4. The van der Waals surface area contributed by atoms with E-state index in [1.54, 1.807) is 14.2 Å². The van der Waals surface area contributed by atoms with Crippen LogP contribution in [0.3, 0.4) is 0 Å². The van der Waals surface area contributed by atoms with Crippen LogP contribution in [0.1, 0.15) is 29.5 Å². The Balaban J connectivity index is 1.99. The van der Waals surface area contributed by atoms with Crippen LogP contribution in [-0.4, -0.2) is 25.8 Å². The molecule has 0 N–H and O–H groups in total. The molecule has 6 nitrogen and oxygen atoms in total. The van der Waals surface area contributed by atoms with Gasteiger partial charge in [0.05, 0.1) is 20.8 Å². The first-order valence-electron chi connectivity index (χ1n) is 9.13. The van der Waals surface area contributed by atoms with E-state index in [0.29, 0.717) is 30.4 Å². The van der Waals surface area contributed by atoms with Crippen molar-refractivity contribution >= 4 is 0 Å². The van der Waals surface area contributed by atoms with Gasteiger partial charge in [-0.2, -0.15) is 4.73 Å². The van der Waals surface area contributed by atoms with E-state index in [9.17, 15) is 5.21 Å². The van der Waals surface area contributed by atoms with Crippen LogP contribution in [0, 0.1) is 5.21 Å². The van der Waals surface area contributed by atoms with Crippen LogP contribution in [-0.2, 0) is 6.42 Å². The predicted molar refractivity (Wildman–Crippen MR) is 106 cm³/mol. The lowest BCUT2D eigenvalue weighted by molar-refractivity contribution is -0.605. The Kier molecular flexibility index (Phi) is 6.32. The molecule has 0 bridgehead atoms. The molecule has 0 saturated heterocycles. The van der Waals surface area contributed by atoms with Crippen LogP contribution < -0.4 is 18.9 Å². The number of pyridine rings is 2. The maximum atomic E-state index is 11.4. The third-order valence-electron chi connectivity index (χ3n) is 4.57. The maximum Gasteiger partial charge on any atom is 0.213 e. The molecular weight excluding hydrogens is 356 g/mol. The third-order valence-corrected chi connectivity index (χ3v) is 4.57. The molecule has 2 heterocycles. The fraction of sp³-hybridized carbons (Fsp3) is 0.273. The van der Waals surface area contributed by atoms with Crippen molar-refractivity contribution in [3.05, 3.63) is 83.0 Å². The Morgan fingerprint density at radius 2 is 1.68 bits per heavy atom. The lowest BCUT2D eigenvalue weighted by atomic mass is 9.87. The number of aromatic nitrogens is 2. The number of rotatable bonds is 8. The molecule has 1 atom stereocenters. The molecule has 0 aliphatic carbocycles. The van der Waals surface area contributed by atoms with Crippen LogP contribution in [0.2, 0.25) is 0 Å². The average Bonchev–Trinajstić information content (AvgIpc) is 2.74. The minimum absolute atomic E-state index is 0.0329. The van der Waals surface area contributed by atoms with Crippen molar-refractivity contribution < 1.29 is 18.9 Å². The SMILES string of the molecule is CCOc1ccc(C(Cc2cc[n+]([O-])cc2)c2ccc(OC)c(OC)c2)cn1. The van der Waals surface area contributed by atoms with E-state index in [-0.39, 0.29) is 5.92 Å². The second kappa shape index (κ2) is 9.08. The zero-order valence-corrected chi connectivity index (χ0v) is 16.3. The van der Waals surface area contributed by atoms with Gasteiger partial charge in [0.1, 0.15) is 0 Å². The molecule has 1 aromatic carbocycles. The van der Waals surface area contributed by atoms with Crippen molar-refractivity contribution in [3.8, 4) is 17.4 Å². The highest BCUT2D eigenvalue weighted by Crippen LogP contribution is 2.35. The molecule has 0 saturated carbocycles. The second-order valence-corrected chi connectivity index (χ2v) is 6.30. The van der Waals surface area contributed by atoms with Gasteiger partial charge < -0.3 is 19.4 Å². The summed E-state index contributed by atoms with van der Waals surface area (Å²) in [5.74, 6) is 1.99. The molecule has 2 aromatic heterocycles. The molecule has 3 aromatic rings. The first-order chi connectivity index (χ1) is 13.6. The van der Waals surface area contributed by atoms with Gasteiger partial charge in [0.25, 0.3) is 0 Å². The number of methoxy groups -OCH3 is 2.